The summed E-state index contributed by atoms with van der Waals surface area (Å²) in [6, 6.07) is 22.0. The molecule has 2 heterocycles. The fraction of sp³-hybridized carbons (Fsp3) is 0.222. The Balaban J connectivity index is 1.69. The number of nitrogens with one attached hydrogen (secondary N) is 1. The molecule has 5 nitrogen and oxygen atoms in total. The molecule has 0 saturated heterocycles. The van der Waals surface area contributed by atoms with Gasteiger partial charge in [-0.15, -0.1) is 0 Å². The van der Waals surface area contributed by atoms with Gasteiger partial charge < -0.3 is 10.2 Å². The molecular formula is C27H25N3O2. The fourth-order valence-electron chi connectivity index (χ4n) is 4.76. The summed E-state index contributed by atoms with van der Waals surface area (Å²) in [6.45, 7) is 8.27. The average molecular weight is 424 g/mol. The van der Waals surface area contributed by atoms with E-state index in [9.17, 15) is 4.79 Å². The maximum absolute atomic E-state index is 13.4. The van der Waals surface area contributed by atoms with Crippen molar-refractivity contribution in [3.8, 4) is 0 Å². The Morgan fingerprint density at radius 1 is 0.875 bits per heavy atom. The van der Waals surface area contributed by atoms with Crippen LogP contribution in [0.5, 0.6) is 0 Å². The number of benzene rings is 3. The van der Waals surface area contributed by atoms with Crippen molar-refractivity contribution in [2.75, 3.05) is 0 Å². The zero-order chi connectivity index (χ0) is 22.5. The van der Waals surface area contributed by atoms with Crippen LogP contribution in [-0.4, -0.2) is 23.2 Å². The number of rotatable bonds is 3. The molecule has 0 unspecified atom stereocenters. The lowest BCUT2D eigenvalue weighted by atomic mass is 9.79. The van der Waals surface area contributed by atoms with E-state index in [2.05, 4.69) is 43.4 Å². The maximum Gasteiger partial charge on any atom is 0.319 e. The number of hydrogen-bond acceptors (Lipinski definition) is 4. The van der Waals surface area contributed by atoms with Gasteiger partial charge in [-0.05, 0) is 44.4 Å². The van der Waals surface area contributed by atoms with Gasteiger partial charge in [0.05, 0.1) is 0 Å². The molecule has 2 aliphatic heterocycles. The average Bonchev–Trinajstić information content (AvgIpc) is 3.30. The van der Waals surface area contributed by atoms with E-state index >= 15 is 0 Å². The number of carbonyl (C=O) groups is 1. The Kier molecular flexibility index (Phi) is 4.70. The van der Waals surface area contributed by atoms with E-state index in [0.717, 1.165) is 39.1 Å². The summed E-state index contributed by atoms with van der Waals surface area (Å²) in [6.07, 6.45) is 0. The fourth-order valence-corrected chi connectivity index (χ4v) is 4.76. The second-order valence-electron chi connectivity index (χ2n) is 8.66. The van der Waals surface area contributed by atoms with E-state index in [1.54, 1.807) is 0 Å². The summed E-state index contributed by atoms with van der Waals surface area (Å²) in [5.74, 6) is -0.269. The summed E-state index contributed by atoms with van der Waals surface area (Å²) >= 11 is 0. The third-order valence-electron chi connectivity index (χ3n) is 6.17. The van der Waals surface area contributed by atoms with Crippen molar-refractivity contribution in [2.45, 2.75) is 39.3 Å². The van der Waals surface area contributed by atoms with Gasteiger partial charge >= 0.3 is 5.72 Å². The van der Waals surface area contributed by atoms with E-state index < -0.39 is 11.6 Å². The number of aryl methyl sites for hydroxylation is 4. The van der Waals surface area contributed by atoms with Crippen molar-refractivity contribution in [3.63, 3.8) is 0 Å². The van der Waals surface area contributed by atoms with Gasteiger partial charge in [0.1, 0.15) is 17.5 Å². The summed E-state index contributed by atoms with van der Waals surface area (Å²) in [7, 11) is 0. The molecule has 0 radical (unpaired) electrons. The van der Waals surface area contributed by atoms with Crippen LogP contribution in [0.15, 0.2) is 76.9 Å². The number of oxime groups is 1. The first-order valence-corrected chi connectivity index (χ1v) is 10.8. The minimum atomic E-state index is -1.47. The van der Waals surface area contributed by atoms with Gasteiger partial charge in [0.2, 0.25) is 0 Å². The van der Waals surface area contributed by atoms with Crippen molar-refractivity contribution >= 4 is 17.5 Å². The first-order valence-electron chi connectivity index (χ1n) is 10.8. The molecule has 0 aromatic heterocycles. The Bertz CT molecular complexity index is 1250. The lowest BCUT2D eigenvalue weighted by Crippen LogP contribution is -2.45. The molecule has 2 aliphatic rings. The van der Waals surface area contributed by atoms with Crippen molar-refractivity contribution in [1.82, 2.24) is 5.32 Å². The molecule has 0 aliphatic carbocycles. The van der Waals surface area contributed by atoms with Crippen LogP contribution in [0.1, 0.15) is 44.9 Å². The van der Waals surface area contributed by atoms with Gasteiger partial charge in [-0.1, -0.05) is 83.0 Å². The summed E-state index contributed by atoms with van der Waals surface area (Å²) in [4.78, 5) is 24.2. The largest absolute Gasteiger partial charge is 0.353 e. The van der Waals surface area contributed by atoms with Crippen LogP contribution < -0.4 is 5.32 Å². The van der Waals surface area contributed by atoms with Gasteiger partial charge in [0, 0.05) is 11.1 Å². The quantitative estimate of drug-likeness (QED) is 0.663. The molecule has 0 saturated carbocycles. The molecule has 0 fully saturated rings. The molecule has 2 atom stereocenters. The van der Waals surface area contributed by atoms with Crippen LogP contribution in [0.3, 0.4) is 0 Å². The summed E-state index contributed by atoms with van der Waals surface area (Å²) < 4.78 is 0. The zero-order valence-corrected chi connectivity index (χ0v) is 18.6. The molecule has 1 N–H and O–H groups in total. The third kappa shape index (κ3) is 3.12. The highest BCUT2D eigenvalue weighted by Crippen LogP contribution is 2.44. The lowest BCUT2D eigenvalue weighted by molar-refractivity contribution is -0.140. The molecule has 0 bridgehead atoms. The summed E-state index contributed by atoms with van der Waals surface area (Å²) in [5.41, 5.74) is 6.58. The minimum Gasteiger partial charge on any atom is -0.353 e. The maximum atomic E-state index is 13.4. The van der Waals surface area contributed by atoms with Gasteiger partial charge in [-0.3, -0.25) is 4.79 Å². The molecule has 3 aromatic rings. The van der Waals surface area contributed by atoms with Crippen LogP contribution in [0.2, 0.25) is 0 Å². The second kappa shape index (κ2) is 7.45. The van der Waals surface area contributed by atoms with Crippen molar-refractivity contribution in [3.05, 3.63) is 106 Å². The highest BCUT2D eigenvalue weighted by molar-refractivity contribution is 6.19. The Labute approximate surface area is 187 Å². The molecule has 1 spiro atoms. The predicted octanol–water partition coefficient (Wildman–Crippen LogP) is 4.71. The number of nitrogens with zero attached hydrogens (tertiary/aromatic N) is 2. The molecule has 1 amide bonds. The van der Waals surface area contributed by atoms with E-state index in [1.165, 1.54) is 5.56 Å². The van der Waals surface area contributed by atoms with Crippen molar-refractivity contribution in [1.29, 1.82) is 0 Å². The SMILES string of the molecule is Cc1ccc([C@@H]2C(c3c(C)cc(C)cc3C)=NO[C@]23N=C(c2ccccc2)NC3=O)cc1. The van der Waals surface area contributed by atoms with Crippen LogP contribution in [0, 0.1) is 27.7 Å². The highest BCUT2D eigenvalue weighted by atomic mass is 16.7. The Hall–Kier alpha value is -3.73. The van der Waals surface area contributed by atoms with E-state index in [0.29, 0.717) is 5.84 Å². The first kappa shape index (κ1) is 20.2. The molecule has 160 valence electrons. The standard InChI is InChI=1S/C27H25N3O2/c1-16-10-12-20(13-11-16)23-24(22-18(3)14-17(2)15-19(22)4)30-32-27(23)26(31)28-25(29-27)21-8-6-5-7-9-21/h5-15,23H,1-4H3,(H,28,29,31)/t23-,27-/m1/s1. The molecule has 3 aromatic carbocycles. The number of aliphatic imine (C=N–C) groups is 1. The van der Waals surface area contributed by atoms with Crippen LogP contribution in [0.25, 0.3) is 0 Å². The zero-order valence-electron chi connectivity index (χ0n) is 18.6. The predicted molar refractivity (Wildman–Crippen MR) is 126 cm³/mol. The topological polar surface area (TPSA) is 63.1 Å². The number of carbonyl (C=O) groups excluding carboxylic acids is 1. The highest BCUT2D eigenvalue weighted by Gasteiger charge is 2.59. The smallest absolute Gasteiger partial charge is 0.319 e. The summed E-state index contributed by atoms with van der Waals surface area (Å²) in [5, 5.41) is 7.44. The van der Waals surface area contributed by atoms with Crippen LogP contribution in [0.4, 0.5) is 0 Å². The van der Waals surface area contributed by atoms with Gasteiger partial charge in [0.15, 0.2) is 0 Å². The number of hydrogen-bond donors (Lipinski definition) is 1. The van der Waals surface area contributed by atoms with E-state index in [1.807, 2.05) is 61.5 Å². The third-order valence-corrected chi connectivity index (χ3v) is 6.17. The van der Waals surface area contributed by atoms with Gasteiger partial charge in [-0.25, -0.2) is 4.99 Å². The monoisotopic (exact) mass is 423 g/mol. The van der Waals surface area contributed by atoms with Crippen LogP contribution in [-0.2, 0) is 9.63 Å². The molecular weight excluding hydrogens is 398 g/mol. The Morgan fingerprint density at radius 2 is 1.53 bits per heavy atom. The van der Waals surface area contributed by atoms with E-state index in [4.69, 9.17) is 9.83 Å². The second-order valence-corrected chi connectivity index (χ2v) is 8.66. The van der Waals surface area contributed by atoms with Crippen LogP contribution >= 0.6 is 0 Å². The first-order chi connectivity index (χ1) is 15.4. The lowest BCUT2D eigenvalue weighted by Gasteiger charge is -2.25. The number of amides is 1. The van der Waals surface area contributed by atoms with Crippen molar-refractivity contribution < 1.29 is 9.63 Å². The molecule has 5 rings (SSSR count). The number of amidine groups is 1. The van der Waals surface area contributed by atoms with Crippen molar-refractivity contribution in [2.24, 2.45) is 10.1 Å². The van der Waals surface area contributed by atoms with Gasteiger partial charge in [-0.2, -0.15) is 0 Å². The van der Waals surface area contributed by atoms with Gasteiger partial charge in [0.25, 0.3) is 5.91 Å². The molecule has 5 heteroatoms. The minimum absolute atomic E-state index is 0.303. The van der Waals surface area contributed by atoms with E-state index in [-0.39, 0.29) is 5.91 Å². The molecule has 32 heavy (non-hydrogen) atoms. The Morgan fingerprint density at radius 3 is 2.19 bits per heavy atom. The normalized spacial score (nSPS) is 21.9.